The van der Waals surface area contributed by atoms with Crippen molar-refractivity contribution in [3.63, 3.8) is 0 Å². The second-order valence-electron chi connectivity index (χ2n) is 7.70. The Morgan fingerprint density at radius 3 is 2.58 bits per heavy atom. The van der Waals surface area contributed by atoms with Crippen LogP contribution in [0.15, 0.2) is 30.3 Å². The number of carbonyl (C=O) groups excluding carboxylic acids is 1. The third kappa shape index (κ3) is 3.50. The van der Waals surface area contributed by atoms with Crippen molar-refractivity contribution in [1.82, 2.24) is 10.2 Å². The molecule has 1 unspecified atom stereocenters. The molecule has 2 heterocycles. The molecule has 1 aromatic rings. The van der Waals surface area contributed by atoms with Crippen LogP contribution in [0.4, 0.5) is 0 Å². The van der Waals surface area contributed by atoms with Gasteiger partial charge in [0.1, 0.15) is 0 Å². The second-order valence-corrected chi connectivity index (χ2v) is 8.93. The molecule has 4 rings (SSSR count). The van der Waals surface area contributed by atoms with Crippen molar-refractivity contribution in [3.05, 3.63) is 35.9 Å². The van der Waals surface area contributed by atoms with Crippen LogP contribution in [0.3, 0.4) is 0 Å². The van der Waals surface area contributed by atoms with Crippen LogP contribution in [0.5, 0.6) is 0 Å². The fourth-order valence-electron chi connectivity index (χ4n) is 4.56. The predicted molar refractivity (Wildman–Crippen MR) is 100.0 cm³/mol. The van der Waals surface area contributed by atoms with Gasteiger partial charge in [-0.05, 0) is 67.7 Å². The van der Waals surface area contributed by atoms with Crippen molar-refractivity contribution in [2.45, 2.75) is 44.7 Å². The number of benzene rings is 1. The van der Waals surface area contributed by atoms with E-state index in [4.69, 9.17) is 0 Å². The molecule has 3 aliphatic rings. The smallest absolute Gasteiger partial charge is 0.223 e. The van der Waals surface area contributed by atoms with Crippen molar-refractivity contribution in [1.29, 1.82) is 0 Å². The van der Waals surface area contributed by atoms with Gasteiger partial charge in [-0.15, -0.1) is 0 Å². The second kappa shape index (κ2) is 7.09. The van der Waals surface area contributed by atoms with Crippen LogP contribution in [0.1, 0.15) is 37.7 Å². The normalized spacial score (nSPS) is 27.1. The number of nitrogens with one attached hydrogen (secondary N) is 1. The van der Waals surface area contributed by atoms with Gasteiger partial charge in [-0.3, -0.25) is 4.79 Å². The Morgan fingerprint density at radius 1 is 1.17 bits per heavy atom. The molecule has 1 aliphatic carbocycles. The highest BCUT2D eigenvalue weighted by Gasteiger charge is 2.58. The van der Waals surface area contributed by atoms with Crippen LogP contribution in [-0.2, 0) is 11.3 Å². The Morgan fingerprint density at radius 2 is 1.88 bits per heavy atom. The van der Waals surface area contributed by atoms with Crippen molar-refractivity contribution in [2.75, 3.05) is 24.6 Å². The molecule has 2 saturated heterocycles. The maximum atomic E-state index is 12.5. The molecule has 4 heteroatoms. The largest absolute Gasteiger partial charge is 0.352 e. The van der Waals surface area contributed by atoms with Gasteiger partial charge >= 0.3 is 0 Å². The standard InChI is InChI=1S/C20H28N2OS/c23-19(21-15-16-4-2-1-3-5-16)18-14-20(18)8-10-22(11-9-20)17-6-12-24-13-7-17/h1-5,17-18H,6-15H2,(H,21,23). The minimum Gasteiger partial charge on any atom is -0.352 e. The van der Waals surface area contributed by atoms with Crippen LogP contribution < -0.4 is 5.32 Å². The number of nitrogens with zero attached hydrogens (tertiary/aromatic N) is 1. The average molecular weight is 345 g/mol. The summed E-state index contributed by atoms with van der Waals surface area (Å²) in [6.07, 6.45) is 6.28. The van der Waals surface area contributed by atoms with E-state index in [2.05, 4.69) is 34.1 Å². The summed E-state index contributed by atoms with van der Waals surface area (Å²) < 4.78 is 0. The van der Waals surface area contributed by atoms with E-state index in [1.54, 1.807) is 0 Å². The first-order valence-corrected chi connectivity index (χ1v) is 10.6. The minimum atomic E-state index is 0.269. The van der Waals surface area contributed by atoms with Crippen LogP contribution in [0, 0.1) is 11.3 Å². The molecule has 1 atom stereocenters. The van der Waals surface area contributed by atoms with Crippen LogP contribution in [-0.4, -0.2) is 41.4 Å². The molecular formula is C20H28N2OS. The lowest BCUT2D eigenvalue weighted by atomic mass is 9.89. The Kier molecular flexibility index (Phi) is 4.86. The van der Waals surface area contributed by atoms with Gasteiger partial charge in [0.15, 0.2) is 0 Å². The van der Waals surface area contributed by atoms with E-state index in [1.807, 2.05) is 18.2 Å². The zero-order valence-electron chi connectivity index (χ0n) is 14.4. The zero-order chi connectivity index (χ0) is 16.4. The van der Waals surface area contributed by atoms with Gasteiger partial charge in [0.05, 0.1) is 0 Å². The summed E-state index contributed by atoms with van der Waals surface area (Å²) in [6.45, 7) is 3.08. The Balaban J connectivity index is 1.24. The molecule has 24 heavy (non-hydrogen) atoms. The maximum absolute atomic E-state index is 12.5. The number of hydrogen-bond acceptors (Lipinski definition) is 3. The fourth-order valence-corrected chi connectivity index (χ4v) is 5.65. The molecule has 1 saturated carbocycles. The van der Waals surface area contributed by atoms with E-state index in [9.17, 15) is 4.79 Å². The lowest BCUT2D eigenvalue weighted by Crippen LogP contribution is -2.44. The van der Waals surface area contributed by atoms with E-state index in [1.165, 1.54) is 55.8 Å². The number of thioether (sulfide) groups is 1. The van der Waals surface area contributed by atoms with Gasteiger partial charge < -0.3 is 10.2 Å². The molecule has 1 spiro atoms. The molecule has 1 amide bonds. The first kappa shape index (κ1) is 16.5. The molecule has 3 fully saturated rings. The minimum absolute atomic E-state index is 0.269. The molecule has 0 aromatic heterocycles. The Hall–Kier alpha value is -1.00. The molecular weight excluding hydrogens is 316 g/mol. The summed E-state index contributed by atoms with van der Waals surface area (Å²) in [5.74, 6) is 3.21. The van der Waals surface area contributed by atoms with Gasteiger partial charge in [-0.25, -0.2) is 0 Å². The summed E-state index contributed by atoms with van der Waals surface area (Å²) >= 11 is 2.10. The first-order chi connectivity index (χ1) is 11.8. The van der Waals surface area contributed by atoms with Crippen molar-refractivity contribution >= 4 is 17.7 Å². The predicted octanol–water partition coefficient (Wildman–Crippen LogP) is 3.30. The monoisotopic (exact) mass is 344 g/mol. The van der Waals surface area contributed by atoms with Crippen LogP contribution in [0.2, 0.25) is 0 Å². The van der Waals surface area contributed by atoms with E-state index in [-0.39, 0.29) is 11.8 Å². The number of piperidine rings is 1. The van der Waals surface area contributed by atoms with Crippen LogP contribution in [0.25, 0.3) is 0 Å². The lowest BCUT2D eigenvalue weighted by molar-refractivity contribution is -0.123. The lowest BCUT2D eigenvalue weighted by Gasteiger charge is -2.39. The third-order valence-corrected chi connectivity index (χ3v) is 7.37. The quantitative estimate of drug-likeness (QED) is 0.909. The number of hydrogen-bond donors (Lipinski definition) is 1. The molecule has 3 nitrogen and oxygen atoms in total. The van der Waals surface area contributed by atoms with Gasteiger partial charge in [0.2, 0.25) is 5.91 Å². The first-order valence-electron chi connectivity index (χ1n) is 9.40. The number of rotatable bonds is 4. The fraction of sp³-hybridized carbons (Fsp3) is 0.650. The number of likely N-dealkylation sites (tertiary alicyclic amines) is 1. The number of carbonyl (C=O) groups is 1. The zero-order valence-corrected chi connectivity index (χ0v) is 15.2. The average Bonchev–Trinajstić information content (AvgIpc) is 3.35. The molecule has 0 bridgehead atoms. The Bertz CT molecular complexity index is 562. The Labute approximate surface area is 149 Å². The number of amides is 1. The van der Waals surface area contributed by atoms with E-state index in [0.29, 0.717) is 12.0 Å². The van der Waals surface area contributed by atoms with Gasteiger partial charge in [0, 0.05) is 18.5 Å². The summed E-state index contributed by atoms with van der Waals surface area (Å²) in [7, 11) is 0. The van der Waals surface area contributed by atoms with Gasteiger partial charge in [-0.2, -0.15) is 11.8 Å². The van der Waals surface area contributed by atoms with Gasteiger partial charge in [0.25, 0.3) is 0 Å². The molecule has 1 aromatic carbocycles. The summed E-state index contributed by atoms with van der Waals surface area (Å²) in [5.41, 5.74) is 1.52. The molecule has 130 valence electrons. The third-order valence-electron chi connectivity index (χ3n) is 6.32. The van der Waals surface area contributed by atoms with Gasteiger partial charge in [-0.1, -0.05) is 30.3 Å². The topological polar surface area (TPSA) is 32.3 Å². The van der Waals surface area contributed by atoms with E-state index < -0.39 is 0 Å². The van der Waals surface area contributed by atoms with E-state index in [0.717, 1.165) is 12.5 Å². The highest BCUT2D eigenvalue weighted by Crippen LogP contribution is 2.59. The molecule has 1 N–H and O–H groups in total. The highest BCUT2D eigenvalue weighted by molar-refractivity contribution is 7.99. The van der Waals surface area contributed by atoms with Crippen LogP contribution >= 0.6 is 11.8 Å². The van der Waals surface area contributed by atoms with E-state index >= 15 is 0 Å². The van der Waals surface area contributed by atoms with Crippen molar-refractivity contribution < 1.29 is 4.79 Å². The van der Waals surface area contributed by atoms with Crippen molar-refractivity contribution in [3.8, 4) is 0 Å². The molecule has 0 radical (unpaired) electrons. The van der Waals surface area contributed by atoms with Crippen molar-refractivity contribution in [2.24, 2.45) is 11.3 Å². The maximum Gasteiger partial charge on any atom is 0.223 e. The SMILES string of the molecule is O=C(NCc1ccccc1)C1CC12CCN(C1CCSCC1)CC2. The molecule has 2 aliphatic heterocycles. The summed E-state index contributed by atoms with van der Waals surface area (Å²) in [4.78, 5) is 15.2. The highest BCUT2D eigenvalue weighted by atomic mass is 32.2. The summed E-state index contributed by atoms with van der Waals surface area (Å²) in [6, 6.07) is 11.0. The summed E-state index contributed by atoms with van der Waals surface area (Å²) in [5, 5.41) is 3.15.